The molecule has 0 amide bonds. The standard InChI is InChI=1S/C3H4BrNO/c1-6-3(4)2-5/h3H,1H3. The van der Waals surface area contributed by atoms with Crippen molar-refractivity contribution in [1.29, 1.82) is 5.26 Å². The lowest BCUT2D eigenvalue weighted by molar-refractivity contribution is 0.217. The molecule has 0 aliphatic rings. The number of hydrogen-bond acceptors (Lipinski definition) is 2. The second-order valence-corrected chi connectivity index (χ2v) is 1.51. The number of halogens is 1. The Hall–Kier alpha value is -0.0700. The summed E-state index contributed by atoms with van der Waals surface area (Å²) >= 11 is 2.89. The smallest absolute Gasteiger partial charge is 0.198 e. The number of alkyl halides is 1. The molecule has 0 saturated carbocycles. The highest BCUT2D eigenvalue weighted by Crippen LogP contribution is 1.94. The van der Waals surface area contributed by atoms with Crippen molar-refractivity contribution in [3.8, 4) is 6.07 Å². The fourth-order valence-corrected chi connectivity index (χ4v) is 0.0527. The Morgan fingerprint density at radius 3 is 2.50 bits per heavy atom. The third-order valence-electron chi connectivity index (χ3n) is 0.308. The van der Waals surface area contributed by atoms with E-state index in [1.54, 1.807) is 0 Å². The van der Waals surface area contributed by atoms with Crippen LogP contribution in [0.25, 0.3) is 0 Å². The first-order valence-electron chi connectivity index (χ1n) is 1.37. The zero-order chi connectivity index (χ0) is 4.99. The van der Waals surface area contributed by atoms with Gasteiger partial charge in [0.05, 0.1) is 0 Å². The van der Waals surface area contributed by atoms with E-state index in [1.807, 2.05) is 6.07 Å². The monoisotopic (exact) mass is 149 g/mol. The van der Waals surface area contributed by atoms with Gasteiger partial charge in [-0.05, 0) is 15.9 Å². The summed E-state index contributed by atoms with van der Waals surface area (Å²) in [6, 6.07) is 1.81. The van der Waals surface area contributed by atoms with Gasteiger partial charge in [-0.2, -0.15) is 5.26 Å². The normalized spacial score (nSPS) is 12.8. The van der Waals surface area contributed by atoms with E-state index in [-0.39, 0.29) is 0 Å². The molecule has 0 aromatic rings. The molecule has 0 rings (SSSR count). The lowest BCUT2D eigenvalue weighted by Crippen LogP contribution is -1.92. The number of rotatable bonds is 1. The molecule has 0 saturated heterocycles. The van der Waals surface area contributed by atoms with Crippen molar-refractivity contribution in [3.05, 3.63) is 0 Å². The summed E-state index contributed by atoms with van der Waals surface area (Å²) in [5.74, 6) is 0. The summed E-state index contributed by atoms with van der Waals surface area (Å²) in [4.78, 5) is 0. The van der Waals surface area contributed by atoms with Crippen molar-refractivity contribution in [2.45, 2.75) is 5.01 Å². The van der Waals surface area contributed by atoms with Crippen molar-refractivity contribution in [1.82, 2.24) is 0 Å². The van der Waals surface area contributed by atoms with E-state index in [0.29, 0.717) is 0 Å². The Morgan fingerprint density at radius 2 is 2.50 bits per heavy atom. The van der Waals surface area contributed by atoms with E-state index in [9.17, 15) is 0 Å². The minimum atomic E-state index is -0.447. The molecule has 0 fully saturated rings. The highest BCUT2D eigenvalue weighted by atomic mass is 79.9. The van der Waals surface area contributed by atoms with Gasteiger partial charge >= 0.3 is 0 Å². The largest absolute Gasteiger partial charge is 0.356 e. The highest BCUT2D eigenvalue weighted by molar-refractivity contribution is 9.09. The lowest BCUT2D eigenvalue weighted by Gasteiger charge is -1.89. The van der Waals surface area contributed by atoms with Crippen LogP contribution < -0.4 is 0 Å². The predicted molar refractivity (Wildman–Crippen MR) is 25.3 cm³/mol. The zero-order valence-electron chi connectivity index (χ0n) is 3.31. The number of hydrogen-bond donors (Lipinski definition) is 0. The molecule has 0 bridgehead atoms. The third-order valence-corrected chi connectivity index (χ3v) is 0.887. The van der Waals surface area contributed by atoms with Gasteiger partial charge in [0.25, 0.3) is 0 Å². The molecule has 0 N–H and O–H groups in total. The van der Waals surface area contributed by atoms with Crippen LogP contribution in [0, 0.1) is 11.3 Å². The van der Waals surface area contributed by atoms with E-state index in [4.69, 9.17) is 5.26 Å². The molecule has 2 nitrogen and oxygen atoms in total. The van der Waals surface area contributed by atoms with Crippen molar-refractivity contribution in [2.75, 3.05) is 7.11 Å². The van der Waals surface area contributed by atoms with Crippen LogP contribution in [-0.2, 0) is 4.74 Å². The second-order valence-electron chi connectivity index (χ2n) is 0.681. The molecule has 0 aliphatic carbocycles. The van der Waals surface area contributed by atoms with E-state index < -0.39 is 5.01 Å². The summed E-state index contributed by atoms with van der Waals surface area (Å²) in [6.07, 6.45) is 0. The van der Waals surface area contributed by atoms with Gasteiger partial charge in [0.1, 0.15) is 6.07 Å². The van der Waals surface area contributed by atoms with Crippen molar-refractivity contribution < 1.29 is 4.74 Å². The molecule has 6 heavy (non-hydrogen) atoms. The molecule has 0 spiro atoms. The van der Waals surface area contributed by atoms with Crippen LogP contribution in [-0.4, -0.2) is 12.1 Å². The fraction of sp³-hybridized carbons (Fsp3) is 0.667. The molecule has 0 heterocycles. The summed E-state index contributed by atoms with van der Waals surface area (Å²) < 4.78 is 4.45. The van der Waals surface area contributed by atoms with E-state index >= 15 is 0 Å². The van der Waals surface area contributed by atoms with Gasteiger partial charge in [-0.25, -0.2) is 0 Å². The molecule has 1 unspecified atom stereocenters. The number of methoxy groups -OCH3 is 1. The van der Waals surface area contributed by atoms with Crippen molar-refractivity contribution in [2.24, 2.45) is 0 Å². The highest BCUT2D eigenvalue weighted by Gasteiger charge is 1.91. The first-order valence-corrected chi connectivity index (χ1v) is 2.29. The maximum absolute atomic E-state index is 7.91. The van der Waals surface area contributed by atoms with E-state index in [0.717, 1.165) is 0 Å². The van der Waals surface area contributed by atoms with E-state index in [1.165, 1.54) is 7.11 Å². The minimum absolute atomic E-state index is 0.447. The molecule has 0 aliphatic heterocycles. The Kier molecular flexibility index (Phi) is 3.10. The predicted octanol–water partition coefficient (Wildman–Crippen LogP) is 0.877. The van der Waals surface area contributed by atoms with E-state index in [2.05, 4.69) is 20.7 Å². The van der Waals surface area contributed by atoms with Crippen LogP contribution >= 0.6 is 15.9 Å². The first-order chi connectivity index (χ1) is 2.81. The Morgan fingerprint density at radius 1 is 2.00 bits per heavy atom. The number of nitrogens with zero attached hydrogens (tertiary/aromatic N) is 1. The Labute approximate surface area is 44.8 Å². The zero-order valence-corrected chi connectivity index (χ0v) is 4.90. The van der Waals surface area contributed by atoms with Gasteiger partial charge in [0.2, 0.25) is 0 Å². The van der Waals surface area contributed by atoms with Crippen LogP contribution in [0.1, 0.15) is 0 Å². The summed E-state index contributed by atoms with van der Waals surface area (Å²) in [6.45, 7) is 0. The molecular formula is C3H4BrNO. The van der Waals surface area contributed by atoms with Gasteiger partial charge in [0.15, 0.2) is 5.01 Å². The van der Waals surface area contributed by atoms with Gasteiger partial charge < -0.3 is 4.74 Å². The van der Waals surface area contributed by atoms with Crippen LogP contribution in [0.4, 0.5) is 0 Å². The van der Waals surface area contributed by atoms with Gasteiger partial charge in [-0.1, -0.05) is 0 Å². The van der Waals surface area contributed by atoms with Crippen molar-refractivity contribution >= 4 is 15.9 Å². The van der Waals surface area contributed by atoms with Crippen LogP contribution in [0.15, 0.2) is 0 Å². The maximum atomic E-state index is 7.91. The van der Waals surface area contributed by atoms with Crippen LogP contribution in [0.2, 0.25) is 0 Å². The number of ether oxygens (including phenoxy) is 1. The Bertz CT molecular complexity index is 67.7. The minimum Gasteiger partial charge on any atom is -0.356 e. The molecule has 3 heteroatoms. The molecule has 0 aromatic carbocycles. The third kappa shape index (κ3) is 2.18. The first kappa shape index (κ1) is 5.93. The SMILES string of the molecule is COC(Br)C#N. The quantitative estimate of drug-likeness (QED) is 0.519. The average Bonchev–Trinajstić information content (AvgIpc) is 1.65. The topological polar surface area (TPSA) is 33.0 Å². The van der Waals surface area contributed by atoms with Crippen molar-refractivity contribution in [3.63, 3.8) is 0 Å². The fourth-order valence-electron chi connectivity index (χ4n) is 0.0527. The van der Waals surface area contributed by atoms with Crippen LogP contribution in [0.3, 0.4) is 0 Å². The molecule has 0 radical (unpaired) electrons. The van der Waals surface area contributed by atoms with Gasteiger partial charge in [-0.15, -0.1) is 0 Å². The summed E-state index contributed by atoms with van der Waals surface area (Å²) in [7, 11) is 1.46. The number of nitriles is 1. The maximum Gasteiger partial charge on any atom is 0.198 e. The average molecular weight is 150 g/mol. The Balaban J connectivity index is 3.04. The molecule has 1 atom stereocenters. The summed E-state index contributed by atoms with van der Waals surface area (Å²) in [5.41, 5.74) is 0. The summed E-state index contributed by atoms with van der Waals surface area (Å²) in [5, 5.41) is 7.47. The lowest BCUT2D eigenvalue weighted by atomic mass is 10.8. The van der Waals surface area contributed by atoms with Crippen LogP contribution in [0.5, 0.6) is 0 Å². The molecule has 34 valence electrons. The molecule has 0 aromatic heterocycles. The van der Waals surface area contributed by atoms with Gasteiger partial charge in [0, 0.05) is 7.11 Å². The van der Waals surface area contributed by atoms with Gasteiger partial charge in [-0.3, -0.25) is 0 Å². The molecular weight excluding hydrogens is 146 g/mol. The second kappa shape index (κ2) is 3.13.